The Morgan fingerprint density at radius 2 is 1.78 bits per heavy atom. The van der Waals surface area contributed by atoms with Crippen LogP contribution in [0.2, 0.25) is 0 Å². The van der Waals surface area contributed by atoms with Gasteiger partial charge in [0, 0.05) is 37.9 Å². The number of hydrogen-bond acceptors (Lipinski definition) is 4. The van der Waals surface area contributed by atoms with Crippen LogP contribution in [-0.2, 0) is 4.79 Å². The summed E-state index contributed by atoms with van der Waals surface area (Å²) in [5.74, 6) is 1.09. The Morgan fingerprint density at radius 1 is 1.17 bits per heavy atom. The number of piperazine rings is 1. The zero-order chi connectivity index (χ0) is 15.4. The monoisotopic (exact) mass is 363 g/mol. The van der Waals surface area contributed by atoms with Gasteiger partial charge in [-0.1, -0.05) is 19.9 Å². The van der Waals surface area contributed by atoms with Gasteiger partial charge in [0.1, 0.15) is 5.75 Å². The summed E-state index contributed by atoms with van der Waals surface area (Å²) in [6.45, 7) is 7.05. The van der Waals surface area contributed by atoms with Crippen molar-refractivity contribution < 1.29 is 9.53 Å². The molecule has 1 unspecified atom stereocenters. The fraction of sp³-hybridized carbons (Fsp3) is 0.562. The molecule has 2 rings (SSSR count). The highest BCUT2D eigenvalue weighted by atomic mass is 35.5. The molecule has 5 nitrogen and oxygen atoms in total. The molecule has 1 aromatic carbocycles. The highest BCUT2D eigenvalue weighted by Crippen LogP contribution is 2.22. The second-order valence-electron chi connectivity index (χ2n) is 5.78. The van der Waals surface area contributed by atoms with Crippen LogP contribution in [0.25, 0.3) is 0 Å². The summed E-state index contributed by atoms with van der Waals surface area (Å²) in [7, 11) is 1.67. The van der Waals surface area contributed by atoms with E-state index in [9.17, 15) is 4.79 Å². The molecular formula is C16H27Cl2N3O2. The largest absolute Gasteiger partial charge is 0.497 e. The molecule has 1 heterocycles. The van der Waals surface area contributed by atoms with Gasteiger partial charge in [-0.2, -0.15) is 0 Å². The van der Waals surface area contributed by atoms with Crippen LogP contribution in [0.1, 0.15) is 13.8 Å². The molecule has 0 bridgehead atoms. The molecule has 7 heteroatoms. The van der Waals surface area contributed by atoms with E-state index in [1.807, 2.05) is 36.9 Å². The first-order valence-electron chi connectivity index (χ1n) is 7.46. The third-order valence-electron chi connectivity index (χ3n) is 4.01. The predicted molar refractivity (Wildman–Crippen MR) is 99.1 cm³/mol. The first-order chi connectivity index (χ1) is 10.0. The van der Waals surface area contributed by atoms with Crippen LogP contribution in [-0.4, -0.2) is 50.1 Å². The first kappa shape index (κ1) is 21.8. The molecule has 1 aliphatic heterocycles. The van der Waals surface area contributed by atoms with E-state index in [-0.39, 0.29) is 36.6 Å². The number of anilines is 1. The van der Waals surface area contributed by atoms with Gasteiger partial charge < -0.3 is 20.3 Å². The SMILES string of the molecule is COc1cccc(N2CCN(C(=O)C(N)C(C)C)CC2)c1.Cl.Cl. The summed E-state index contributed by atoms with van der Waals surface area (Å²) in [5, 5.41) is 0. The molecule has 1 saturated heterocycles. The summed E-state index contributed by atoms with van der Waals surface area (Å²) < 4.78 is 5.26. The zero-order valence-electron chi connectivity index (χ0n) is 13.9. The lowest BCUT2D eigenvalue weighted by Gasteiger charge is -2.37. The van der Waals surface area contributed by atoms with E-state index in [1.54, 1.807) is 7.11 Å². The Labute approximate surface area is 151 Å². The number of amides is 1. The number of nitrogens with two attached hydrogens (primary N) is 1. The quantitative estimate of drug-likeness (QED) is 0.890. The van der Waals surface area contributed by atoms with Crippen LogP contribution < -0.4 is 15.4 Å². The molecule has 1 amide bonds. The van der Waals surface area contributed by atoms with Gasteiger partial charge in [0.05, 0.1) is 13.2 Å². The summed E-state index contributed by atoms with van der Waals surface area (Å²) >= 11 is 0. The Kier molecular flexibility index (Phi) is 9.35. The predicted octanol–water partition coefficient (Wildman–Crippen LogP) is 2.17. The van der Waals surface area contributed by atoms with Crippen molar-refractivity contribution in [2.45, 2.75) is 19.9 Å². The standard InChI is InChI=1S/C16H25N3O2.2ClH/c1-12(2)15(17)16(20)19-9-7-18(8-10-19)13-5-4-6-14(11-13)21-3;;/h4-6,11-12,15H,7-10,17H2,1-3H3;2*1H. The van der Waals surface area contributed by atoms with Crippen molar-refractivity contribution in [2.24, 2.45) is 11.7 Å². The van der Waals surface area contributed by atoms with Crippen LogP contribution in [0.5, 0.6) is 5.75 Å². The second-order valence-corrected chi connectivity index (χ2v) is 5.78. The van der Waals surface area contributed by atoms with Gasteiger partial charge >= 0.3 is 0 Å². The highest BCUT2D eigenvalue weighted by molar-refractivity contribution is 5.85. The van der Waals surface area contributed by atoms with Crippen LogP contribution >= 0.6 is 24.8 Å². The molecule has 1 fully saturated rings. The van der Waals surface area contributed by atoms with Crippen molar-refractivity contribution >= 4 is 36.4 Å². The summed E-state index contributed by atoms with van der Waals surface area (Å²) in [5.41, 5.74) is 7.09. The maximum absolute atomic E-state index is 12.2. The molecule has 1 aromatic rings. The molecule has 1 aliphatic rings. The van der Waals surface area contributed by atoms with Gasteiger partial charge in [-0.05, 0) is 18.1 Å². The maximum atomic E-state index is 12.2. The summed E-state index contributed by atoms with van der Waals surface area (Å²) in [6.07, 6.45) is 0. The van der Waals surface area contributed by atoms with Crippen molar-refractivity contribution in [3.8, 4) is 5.75 Å². The van der Waals surface area contributed by atoms with Crippen LogP contribution in [0, 0.1) is 5.92 Å². The van der Waals surface area contributed by atoms with E-state index in [0.717, 1.165) is 37.6 Å². The lowest BCUT2D eigenvalue weighted by Crippen LogP contribution is -2.54. The molecule has 23 heavy (non-hydrogen) atoms. The number of carbonyl (C=O) groups excluding carboxylic acids is 1. The molecule has 0 radical (unpaired) electrons. The van der Waals surface area contributed by atoms with Crippen molar-refractivity contribution in [1.82, 2.24) is 4.90 Å². The van der Waals surface area contributed by atoms with Crippen LogP contribution in [0.15, 0.2) is 24.3 Å². The van der Waals surface area contributed by atoms with E-state index >= 15 is 0 Å². The molecule has 1 atom stereocenters. The zero-order valence-corrected chi connectivity index (χ0v) is 15.5. The third-order valence-corrected chi connectivity index (χ3v) is 4.01. The van der Waals surface area contributed by atoms with Gasteiger partial charge in [-0.25, -0.2) is 0 Å². The Hall–Kier alpha value is -1.17. The van der Waals surface area contributed by atoms with Crippen molar-refractivity contribution in [3.63, 3.8) is 0 Å². The minimum Gasteiger partial charge on any atom is -0.497 e. The average molecular weight is 364 g/mol. The van der Waals surface area contributed by atoms with Gasteiger partial charge in [0.15, 0.2) is 0 Å². The minimum absolute atomic E-state index is 0. The number of hydrogen-bond donors (Lipinski definition) is 1. The maximum Gasteiger partial charge on any atom is 0.239 e. The summed E-state index contributed by atoms with van der Waals surface area (Å²) in [6, 6.07) is 7.62. The number of nitrogens with zero attached hydrogens (tertiary/aromatic N) is 2. The normalized spacial score (nSPS) is 15.5. The topological polar surface area (TPSA) is 58.8 Å². The molecule has 0 saturated carbocycles. The molecule has 132 valence electrons. The van der Waals surface area contributed by atoms with Crippen molar-refractivity contribution in [2.75, 3.05) is 38.2 Å². The van der Waals surface area contributed by atoms with Gasteiger partial charge in [-0.15, -0.1) is 24.8 Å². The Bertz CT molecular complexity index is 492. The van der Waals surface area contributed by atoms with Crippen LogP contribution in [0.3, 0.4) is 0 Å². The van der Waals surface area contributed by atoms with E-state index < -0.39 is 6.04 Å². The van der Waals surface area contributed by atoms with Gasteiger partial charge in [0.2, 0.25) is 5.91 Å². The molecule has 2 N–H and O–H groups in total. The number of halogens is 2. The van der Waals surface area contributed by atoms with Gasteiger partial charge in [0.25, 0.3) is 0 Å². The lowest BCUT2D eigenvalue weighted by molar-refractivity contribution is -0.133. The van der Waals surface area contributed by atoms with Crippen molar-refractivity contribution in [3.05, 3.63) is 24.3 Å². The van der Waals surface area contributed by atoms with E-state index in [0.29, 0.717) is 0 Å². The average Bonchev–Trinajstić information content (AvgIpc) is 2.53. The highest BCUT2D eigenvalue weighted by Gasteiger charge is 2.26. The molecular weight excluding hydrogens is 337 g/mol. The fourth-order valence-electron chi connectivity index (χ4n) is 2.49. The van der Waals surface area contributed by atoms with E-state index in [4.69, 9.17) is 10.5 Å². The third kappa shape index (κ3) is 5.44. The Balaban J connectivity index is 0.00000242. The smallest absolute Gasteiger partial charge is 0.239 e. The van der Waals surface area contributed by atoms with Crippen molar-refractivity contribution in [1.29, 1.82) is 0 Å². The lowest BCUT2D eigenvalue weighted by atomic mass is 10.0. The second kappa shape index (κ2) is 9.85. The van der Waals surface area contributed by atoms with E-state index in [1.165, 1.54) is 0 Å². The molecule has 0 aromatic heterocycles. The minimum atomic E-state index is -0.395. The van der Waals surface area contributed by atoms with Gasteiger partial charge in [-0.3, -0.25) is 4.79 Å². The number of benzene rings is 1. The fourth-order valence-corrected chi connectivity index (χ4v) is 2.49. The number of ether oxygens (including phenoxy) is 1. The molecule has 0 spiro atoms. The number of carbonyl (C=O) groups is 1. The summed E-state index contributed by atoms with van der Waals surface area (Å²) in [4.78, 5) is 16.4. The van der Waals surface area contributed by atoms with Crippen LogP contribution in [0.4, 0.5) is 5.69 Å². The Morgan fingerprint density at radius 3 is 2.30 bits per heavy atom. The number of methoxy groups -OCH3 is 1. The molecule has 0 aliphatic carbocycles. The van der Waals surface area contributed by atoms with E-state index in [2.05, 4.69) is 11.0 Å². The number of rotatable bonds is 4. The first-order valence-corrected chi connectivity index (χ1v) is 7.46.